The van der Waals surface area contributed by atoms with E-state index < -0.39 is 0 Å². The maximum absolute atomic E-state index is 5.40. The number of halogens is 1. The van der Waals surface area contributed by atoms with Crippen molar-refractivity contribution in [2.24, 2.45) is 16.3 Å². The second-order valence-electron chi connectivity index (χ2n) is 7.28. The molecule has 22 heavy (non-hydrogen) atoms. The van der Waals surface area contributed by atoms with Gasteiger partial charge >= 0.3 is 0 Å². The molecule has 0 spiro atoms. The Bertz CT molecular complexity index is 356. The van der Waals surface area contributed by atoms with E-state index in [-0.39, 0.29) is 24.0 Å². The summed E-state index contributed by atoms with van der Waals surface area (Å²) < 4.78 is 5.40. The Morgan fingerprint density at radius 1 is 1.27 bits per heavy atom. The molecule has 0 saturated carbocycles. The summed E-state index contributed by atoms with van der Waals surface area (Å²) in [6.07, 6.45) is 1.25. The molecule has 2 rings (SSSR count). The van der Waals surface area contributed by atoms with Crippen LogP contribution in [0.1, 0.15) is 27.2 Å². The minimum Gasteiger partial charge on any atom is -0.379 e. The topological polar surface area (TPSA) is 40.1 Å². The first-order valence-electron chi connectivity index (χ1n) is 8.26. The molecule has 2 aliphatic heterocycles. The Morgan fingerprint density at radius 3 is 2.50 bits per heavy atom. The summed E-state index contributed by atoms with van der Waals surface area (Å²) in [6, 6.07) is 0. The van der Waals surface area contributed by atoms with Crippen LogP contribution in [0, 0.1) is 11.3 Å². The normalized spacial score (nSPS) is 24.0. The molecule has 0 aromatic heterocycles. The third kappa shape index (κ3) is 6.20. The smallest absolute Gasteiger partial charge is 0.193 e. The van der Waals surface area contributed by atoms with E-state index in [9.17, 15) is 0 Å². The molecule has 2 aliphatic rings. The molecule has 2 fully saturated rings. The summed E-state index contributed by atoms with van der Waals surface area (Å²) in [7, 11) is 1.89. The van der Waals surface area contributed by atoms with Gasteiger partial charge in [-0.05, 0) is 17.8 Å². The molecule has 0 bridgehead atoms. The van der Waals surface area contributed by atoms with Gasteiger partial charge in [0.05, 0.1) is 13.2 Å². The lowest BCUT2D eigenvalue weighted by Gasteiger charge is -2.30. The summed E-state index contributed by atoms with van der Waals surface area (Å²) in [5, 5.41) is 3.56. The Balaban J connectivity index is 0.00000242. The van der Waals surface area contributed by atoms with E-state index in [0.29, 0.717) is 11.3 Å². The van der Waals surface area contributed by atoms with Gasteiger partial charge in [0.15, 0.2) is 5.96 Å². The van der Waals surface area contributed by atoms with E-state index in [2.05, 4.69) is 40.9 Å². The van der Waals surface area contributed by atoms with Crippen LogP contribution < -0.4 is 5.32 Å². The monoisotopic (exact) mass is 424 g/mol. The summed E-state index contributed by atoms with van der Waals surface area (Å²) in [6.45, 7) is 15.2. The van der Waals surface area contributed by atoms with E-state index in [4.69, 9.17) is 4.74 Å². The quantitative estimate of drug-likeness (QED) is 0.425. The molecule has 5 nitrogen and oxygen atoms in total. The zero-order valence-corrected chi connectivity index (χ0v) is 16.9. The summed E-state index contributed by atoms with van der Waals surface area (Å²) >= 11 is 0. The van der Waals surface area contributed by atoms with E-state index in [1.165, 1.54) is 6.42 Å². The van der Waals surface area contributed by atoms with Crippen LogP contribution >= 0.6 is 24.0 Å². The molecular weight excluding hydrogens is 391 g/mol. The van der Waals surface area contributed by atoms with Crippen molar-refractivity contribution in [1.82, 2.24) is 15.1 Å². The highest BCUT2D eigenvalue weighted by molar-refractivity contribution is 14.0. The van der Waals surface area contributed by atoms with E-state index in [0.717, 1.165) is 58.4 Å². The Kier molecular flexibility index (Phi) is 8.42. The molecule has 0 aromatic carbocycles. The standard InChI is InChI=1S/C16H32N4O.HI/c1-14(12-19-7-9-21-10-8-19)11-18-15(17-4)20-6-5-16(2,3)13-20;/h14H,5-13H2,1-4H3,(H,17,18);1H. The second kappa shape index (κ2) is 9.27. The highest BCUT2D eigenvalue weighted by atomic mass is 127. The van der Waals surface area contributed by atoms with Gasteiger partial charge in [-0.25, -0.2) is 0 Å². The van der Waals surface area contributed by atoms with Crippen molar-refractivity contribution in [2.75, 3.05) is 59.5 Å². The average molecular weight is 424 g/mol. The van der Waals surface area contributed by atoms with Gasteiger partial charge in [0.1, 0.15) is 0 Å². The van der Waals surface area contributed by atoms with Crippen molar-refractivity contribution >= 4 is 29.9 Å². The molecule has 1 atom stereocenters. The lowest BCUT2D eigenvalue weighted by Crippen LogP contribution is -2.45. The maximum Gasteiger partial charge on any atom is 0.193 e. The van der Waals surface area contributed by atoms with Gasteiger partial charge in [0, 0.05) is 46.3 Å². The molecule has 2 saturated heterocycles. The first-order valence-corrected chi connectivity index (χ1v) is 8.26. The predicted molar refractivity (Wildman–Crippen MR) is 103 cm³/mol. The minimum atomic E-state index is 0. The maximum atomic E-state index is 5.40. The number of nitrogens with one attached hydrogen (secondary N) is 1. The van der Waals surface area contributed by atoms with Crippen LogP contribution in [0.15, 0.2) is 4.99 Å². The number of nitrogens with zero attached hydrogens (tertiary/aromatic N) is 3. The third-order valence-corrected chi connectivity index (χ3v) is 4.47. The molecule has 6 heteroatoms. The molecule has 2 heterocycles. The number of guanidine groups is 1. The van der Waals surface area contributed by atoms with Crippen molar-refractivity contribution in [3.05, 3.63) is 0 Å². The van der Waals surface area contributed by atoms with Gasteiger partial charge in [-0.15, -0.1) is 24.0 Å². The van der Waals surface area contributed by atoms with Crippen LogP contribution in [0.3, 0.4) is 0 Å². The molecule has 0 aromatic rings. The van der Waals surface area contributed by atoms with Gasteiger partial charge in [-0.1, -0.05) is 20.8 Å². The second-order valence-corrected chi connectivity index (χ2v) is 7.28. The number of ether oxygens (including phenoxy) is 1. The minimum absolute atomic E-state index is 0. The first-order chi connectivity index (χ1) is 10.00. The van der Waals surface area contributed by atoms with Crippen LogP contribution in [0.5, 0.6) is 0 Å². The van der Waals surface area contributed by atoms with Crippen LogP contribution in [-0.2, 0) is 4.74 Å². The van der Waals surface area contributed by atoms with E-state index in [1.54, 1.807) is 0 Å². The number of aliphatic imine (C=N–C) groups is 1. The van der Waals surface area contributed by atoms with Crippen molar-refractivity contribution < 1.29 is 4.74 Å². The Morgan fingerprint density at radius 2 is 1.95 bits per heavy atom. The average Bonchev–Trinajstić information content (AvgIpc) is 2.81. The van der Waals surface area contributed by atoms with Crippen molar-refractivity contribution in [3.63, 3.8) is 0 Å². The van der Waals surface area contributed by atoms with Gasteiger partial charge in [-0.2, -0.15) is 0 Å². The summed E-state index contributed by atoms with van der Waals surface area (Å²) in [4.78, 5) is 9.34. The van der Waals surface area contributed by atoms with Crippen LogP contribution in [0.4, 0.5) is 0 Å². The number of likely N-dealkylation sites (tertiary alicyclic amines) is 1. The Hall–Kier alpha value is -0.0800. The zero-order chi connectivity index (χ0) is 15.3. The fourth-order valence-corrected chi connectivity index (χ4v) is 3.18. The van der Waals surface area contributed by atoms with Gasteiger partial charge in [0.25, 0.3) is 0 Å². The molecule has 130 valence electrons. The van der Waals surface area contributed by atoms with Gasteiger partial charge in [-0.3, -0.25) is 9.89 Å². The molecule has 0 amide bonds. The van der Waals surface area contributed by atoms with E-state index in [1.807, 2.05) is 7.05 Å². The van der Waals surface area contributed by atoms with Gasteiger partial charge in [0.2, 0.25) is 0 Å². The van der Waals surface area contributed by atoms with Gasteiger partial charge < -0.3 is 15.0 Å². The number of rotatable bonds is 4. The van der Waals surface area contributed by atoms with Crippen LogP contribution in [0.2, 0.25) is 0 Å². The van der Waals surface area contributed by atoms with Crippen molar-refractivity contribution in [2.45, 2.75) is 27.2 Å². The SMILES string of the molecule is CN=C(NCC(C)CN1CCOCC1)N1CCC(C)(C)C1.I. The van der Waals surface area contributed by atoms with Crippen LogP contribution in [-0.4, -0.2) is 75.3 Å². The lowest BCUT2D eigenvalue weighted by molar-refractivity contribution is 0.0320. The third-order valence-electron chi connectivity index (χ3n) is 4.47. The fourth-order valence-electron chi connectivity index (χ4n) is 3.18. The number of morpholine rings is 1. The van der Waals surface area contributed by atoms with Crippen molar-refractivity contribution in [1.29, 1.82) is 0 Å². The number of hydrogen-bond donors (Lipinski definition) is 1. The predicted octanol–water partition coefficient (Wildman–Crippen LogP) is 1.88. The lowest BCUT2D eigenvalue weighted by atomic mass is 9.93. The largest absolute Gasteiger partial charge is 0.379 e. The highest BCUT2D eigenvalue weighted by Crippen LogP contribution is 2.28. The number of hydrogen-bond acceptors (Lipinski definition) is 3. The molecule has 0 aliphatic carbocycles. The molecule has 1 N–H and O–H groups in total. The van der Waals surface area contributed by atoms with Crippen molar-refractivity contribution in [3.8, 4) is 0 Å². The van der Waals surface area contributed by atoms with Crippen LogP contribution in [0.25, 0.3) is 0 Å². The fraction of sp³-hybridized carbons (Fsp3) is 0.938. The molecule has 0 radical (unpaired) electrons. The molecule has 1 unspecified atom stereocenters. The first kappa shape index (κ1) is 20.0. The zero-order valence-electron chi connectivity index (χ0n) is 14.6. The highest BCUT2D eigenvalue weighted by Gasteiger charge is 2.30. The van der Waals surface area contributed by atoms with E-state index >= 15 is 0 Å². The summed E-state index contributed by atoms with van der Waals surface area (Å²) in [5.41, 5.74) is 0.414. The summed E-state index contributed by atoms with van der Waals surface area (Å²) in [5.74, 6) is 1.69. The Labute approximate surface area is 152 Å². The molecular formula is C16H33IN4O.